The van der Waals surface area contributed by atoms with Crippen LogP contribution in [0.25, 0.3) is 0 Å². The van der Waals surface area contributed by atoms with Crippen molar-refractivity contribution in [3.05, 3.63) is 24.3 Å². The van der Waals surface area contributed by atoms with Gasteiger partial charge in [-0.15, -0.1) is 0 Å². The topological polar surface area (TPSA) is 38.3 Å². The first-order valence-corrected chi connectivity index (χ1v) is 4.55. The van der Waals surface area contributed by atoms with E-state index in [2.05, 4.69) is 5.32 Å². The van der Waals surface area contributed by atoms with Gasteiger partial charge in [0.25, 0.3) is 0 Å². The second-order valence-electron chi connectivity index (χ2n) is 3.18. The van der Waals surface area contributed by atoms with E-state index in [1.807, 2.05) is 31.2 Å². The Morgan fingerprint density at radius 2 is 2.07 bits per heavy atom. The summed E-state index contributed by atoms with van der Waals surface area (Å²) in [6.07, 6.45) is 0. The van der Waals surface area contributed by atoms with Gasteiger partial charge in [-0.25, -0.2) is 0 Å². The molecule has 3 heteroatoms. The second-order valence-corrected chi connectivity index (χ2v) is 3.18. The number of carbonyl (C=O) groups excluding carboxylic acids is 1. The van der Waals surface area contributed by atoms with Crippen LogP contribution in [-0.2, 0) is 4.79 Å². The molecule has 1 unspecified atom stereocenters. The van der Waals surface area contributed by atoms with E-state index < -0.39 is 0 Å². The fourth-order valence-electron chi connectivity index (χ4n) is 1.10. The summed E-state index contributed by atoms with van der Waals surface area (Å²) < 4.78 is 5.15. The summed E-state index contributed by atoms with van der Waals surface area (Å²) in [5.41, 5.74) is 0.845. The van der Waals surface area contributed by atoms with Crippen LogP contribution in [-0.4, -0.2) is 18.9 Å². The second kappa shape index (κ2) is 4.65. The summed E-state index contributed by atoms with van der Waals surface area (Å²) in [5.74, 6) is 0.858. The molecule has 0 fully saturated rings. The van der Waals surface area contributed by atoms with Crippen molar-refractivity contribution in [2.45, 2.75) is 19.9 Å². The predicted octanol–water partition coefficient (Wildman–Crippen LogP) is 2.08. The molecule has 0 spiro atoms. The van der Waals surface area contributed by atoms with Gasteiger partial charge >= 0.3 is 0 Å². The largest absolute Gasteiger partial charge is 0.495 e. The minimum Gasteiger partial charge on any atom is -0.495 e. The van der Waals surface area contributed by atoms with Gasteiger partial charge in [0.1, 0.15) is 5.75 Å². The number of ether oxygens (including phenoxy) is 1. The van der Waals surface area contributed by atoms with E-state index in [4.69, 9.17) is 4.74 Å². The highest BCUT2D eigenvalue weighted by atomic mass is 16.5. The highest BCUT2D eigenvalue weighted by Crippen LogP contribution is 2.23. The van der Waals surface area contributed by atoms with Gasteiger partial charge < -0.3 is 10.1 Å². The number of benzene rings is 1. The molecule has 0 aromatic heterocycles. The Bertz CT molecular complexity index is 323. The number of hydrogen-bond acceptors (Lipinski definition) is 3. The van der Waals surface area contributed by atoms with E-state index in [1.54, 1.807) is 14.0 Å². The molecule has 0 bridgehead atoms. The normalized spacial score (nSPS) is 11.9. The van der Waals surface area contributed by atoms with Gasteiger partial charge in [-0.05, 0) is 26.0 Å². The van der Waals surface area contributed by atoms with E-state index in [9.17, 15) is 4.79 Å². The molecule has 0 saturated carbocycles. The molecular weight excluding hydrogens is 178 g/mol. The number of anilines is 1. The van der Waals surface area contributed by atoms with Gasteiger partial charge in [0, 0.05) is 0 Å². The first-order valence-electron chi connectivity index (χ1n) is 4.55. The van der Waals surface area contributed by atoms with E-state index in [0.717, 1.165) is 11.4 Å². The van der Waals surface area contributed by atoms with Crippen molar-refractivity contribution in [2.75, 3.05) is 12.4 Å². The summed E-state index contributed by atoms with van der Waals surface area (Å²) in [5, 5.41) is 3.09. The molecule has 0 radical (unpaired) electrons. The standard InChI is InChI=1S/C11H15NO2/c1-8(9(2)13)12-10-6-4-5-7-11(10)14-3/h4-8,12H,1-3H3. The van der Waals surface area contributed by atoms with Gasteiger partial charge in [-0.2, -0.15) is 0 Å². The lowest BCUT2D eigenvalue weighted by molar-refractivity contribution is -0.117. The van der Waals surface area contributed by atoms with Crippen LogP contribution in [0.2, 0.25) is 0 Å². The summed E-state index contributed by atoms with van der Waals surface area (Å²) in [6.45, 7) is 3.39. The summed E-state index contributed by atoms with van der Waals surface area (Å²) in [4.78, 5) is 11.0. The van der Waals surface area contributed by atoms with Crippen LogP contribution in [0, 0.1) is 0 Å². The van der Waals surface area contributed by atoms with E-state index in [1.165, 1.54) is 0 Å². The third-order valence-corrected chi connectivity index (χ3v) is 2.09. The van der Waals surface area contributed by atoms with Crippen molar-refractivity contribution in [1.82, 2.24) is 0 Å². The van der Waals surface area contributed by atoms with Crippen molar-refractivity contribution in [2.24, 2.45) is 0 Å². The number of methoxy groups -OCH3 is 1. The van der Waals surface area contributed by atoms with Crippen molar-refractivity contribution >= 4 is 11.5 Å². The molecule has 0 aliphatic carbocycles. The third-order valence-electron chi connectivity index (χ3n) is 2.09. The Morgan fingerprint density at radius 1 is 1.43 bits per heavy atom. The first kappa shape index (κ1) is 10.6. The van der Waals surface area contributed by atoms with Crippen molar-refractivity contribution < 1.29 is 9.53 Å². The zero-order valence-electron chi connectivity index (χ0n) is 8.70. The van der Waals surface area contributed by atoms with Crippen LogP contribution in [0.4, 0.5) is 5.69 Å². The monoisotopic (exact) mass is 193 g/mol. The average molecular weight is 193 g/mol. The van der Waals surface area contributed by atoms with Crippen LogP contribution < -0.4 is 10.1 Å². The minimum atomic E-state index is -0.189. The molecule has 0 saturated heterocycles. The molecular formula is C11H15NO2. The van der Waals surface area contributed by atoms with Gasteiger partial charge in [0.15, 0.2) is 5.78 Å². The SMILES string of the molecule is COc1ccccc1NC(C)C(C)=O. The molecule has 0 aliphatic rings. The minimum absolute atomic E-state index is 0.107. The Balaban J connectivity index is 2.80. The number of carbonyl (C=O) groups is 1. The lowest BCUT2D eigenvalue weighted by atomic mass is 10.2. The van der Waals surface area contributed by atoms with Crippen molar-refractivity contribution in [3.8, 4) is 5.75 Å². The maximum Gasteiger partial charge on any atom is 0.151 e. The van der Waals surface area contributed by atoms with Crippen LogP contribution in [0.5, 0.6) is 5.75 Å². The van der Waals surface area contributed by atoms with Gasteiger partial charge in [-0.1, -0.05) is 12.1 Å². The molecule has 1 atom stereocenters. The number of hydrogen-bond donors (Lipinski definition) is 1. The summed E-state index contributed by atoms with van der Waals surface area (Å²) >= 11 is 0. The Morgan fingerprint density at radius 3 is 2.64 bits per heavy atom. The molecule has 3 nitrogen and oxygen atoms in total. The molecule has 0 amide bonds. The van der Waals surface area contributed by atoms with Crippen LogP contribution in [0.15, 0.2) is 24.3 Å². The number of para-hydroxylation sites is 2. The fraction of sp³-hybridized carbons (Fsp3) is 0.364. The maximum atomic E-state index is 11.0. The molecule has 14 heavy (non-hydrogen) atoms. The highest BCUT2D eigenvalue weighted by molar-refractivity contribution is 5.84. The Kier molecular flexibility index (Phi) is 3.51. The number of rotatable bonds is 4. The molecule has 0 heterocycles. The zero-order chi connectivity index (χ0) is 10.6. The van der Waals surface area contributed by atoms with E-state index >= 15 is 0 Å². The highest BCUT2D eigenvalue weighted by Gasteiger charge is 2.09. The Hall–Kier alpha value is -1.51. The lowest BCUT2D eigenvalue weighted by Crippen LogP contribution is -2.23. The van der Waals surface area contributed by atoms with E-state index in [-0.39, 0.29) is 11.8 Å². The van der Waals surface area contributed by atoms with Crippen molar-refractivity contribution in [1.29, 1.82) is 0 Å². The third kappa shape index (κ3) is 2.49. The molecule has 1 aromatic rings. The zero-order valence-corrected chi connectivity index (χ0v) is 8.70. The molecule has 0 aliphatic heterocycles. The molecule has 1 aromatic carbocycles. The van der Waals surface area contributed by atoms with Crippen LogP contribution in [0.3, 0.4) is 0 Å². The number of ketones is 1. The fourth-order valence-corrected chi connectivity index (χ4v) is 1.10. The number of Topliss-reactive ketones (excluding diaryl/α,β-unsaturated/α-hetero) is 1. The van der Waals surface area contributed by atoms with Gasteiger partial charge in [0.2, 0.25) is 0 Å². The first-order chi connectivity index (χ1) is 6.65. The Labute approximate surface area is 84.1 Å². The van der Waals surface area contributed by atoms with Gasteiger partial charge in [-0.3, -0.25) is 4.79 Å². The molecule has 1 N–H and O–H groups in total. The lowest BCUT2D eigenvalue weighted by Gasteiger charge is -2.14. The van der Waals surface area contributed by atoms with Gasteiger partial charge in [0.05, 0.1) is 18.8 Å². The van der Waals surface area contributed by atoms with Crippen LogP contribution >= 0.6 is 0 Å². The maximum absolute atomic E-state index is 11.0. The van der Waals surface area contributed by atoms with E-state index in [0.29, 0.717) is 0 Å². The predicted molar refractivity (Wildman–Crippen MR) is 56.8 cm³/mol. The average Bonchev–Trinajstić information content (AvgIpc) is 2.18. The molecule has 76 valence electrons. The van der Waals surface area contributed by atoms with Crippen LogP contribution in [0.1, 0.15) is 13.8 Å². The summed E-state index contributed by atoms with van der Waals surface area (Å²) in [7, 11) is 1.61. The molecule has 1 rings (SSSR count). The smallest absolute Gasteiger partial charge is 0.151 e. The number of nitrogens with one attached hydrogen (secondary N) is 1. The summed E-state index contributed by atoms with van der Waals surface area (Å²) in [6, 6.07) is 7.35. The van der Waals surface area contributed by atoms with Crippen molar-refractivity contribution in [3.63, 3.8) is 0 Å². The quantitative estimate of drug-likeness (QED) is 0.795.